The second-order valence-electron chi connectivity index (χ2n) is 3.02. The molecule has 4 heteroatoms. The molecule has 2 aromatic heterocycles. The van der Waals surface area contributed by atoms with E-state index in [2.05, 4.69) is 25.9 Å². The SMILES string of the molecule is Fc1nc(CBr)ccc1-c1cccnc1. The Morgan fingerprint density at radius 2 is 2.13 bits per heavy atom. The minimum Gasteiger partial charge on any atom is -0.264 e. The second kappa shape index (κ2) is 4.49. The van der Waals surface area contributed by atoms with Gasteiger partial charge in [0.1, 0.15) is 0 Å². The Balaban J connectivity index is 2.46. The molecule has 0 saturated carbocycles. The van der Waals surface area contributed by atoms with Crippen LogP contribution in [-0.2, 0) is 5.33 Å². The van der Waals surface area contributed by atoms with E-state index in [9.17, 15) is 4.39 Å². The van der Waals surface area contributed by atoms with Crippen LogP contribution in [0.5, 0.6) is 0 Å². The number of rotatable bonds is 2. The molecule has 2 rings (SSSR count). The largest absolute Gasteiger partial charge is 0.264 e. The van der Waals surface area contributed by atoms with Gasteiger partial charge in [-0.25, -0.2) is 4.98 Å². The zero-order chi connectivity index (χ0) is 10.7. The van der Waals surface area contributed by atoms with Crippen molar-refractivity contribution in [3.05, 3.63) is 48.3 Å². The van der Waals surface area contributed by atoms with Crippen molar-refractivity contribution in [1.82, 2.24) is 9.97 Å². The molecule has 0 saturated heterocycles. The van der Waals surface area contributed by atoms with Gasteiger partial charge >= 0.3 is 0 Å². The Morgan fingerprint density at radius 1 is 1.27 bits per heavy atom. The van der Waals surface area contributed by atoms with Gasteiger partial charge in [0.25, 0.3) is 0 Å². The fraction of sp³-hybridized carbons (Fsp3) is 0.0909. The molecular weight excluding hydrogens is 259 g/mol. The van der Waals surface area contributed by atoms with Gasteiger partial charge < -0.3 is 0 Å². The van der Waals surface area contributed by atoms with Gasteiger partial charge in [-0.3, -0.25) is 4.98 Å². The van der Waals surface area contributed by atoms with Crippen molar-refractivity contribution in [2.24, 2.45) is 0 Å². The lowest BCUT2D eigenvalue weighted by Gasteiger charge is -2.03. The third-order valence-electron chi connectivity index (χ3n) is 2.02. The van der Waals surface area contributed by atoms with Gasteiger partial charge in [-0.1, -0.05) is 22.0 Å². The molecule has 0 aromatic carbocycles. The number of pyridine rings is 2. The summed E-state index contributed by atoms with van der Waals surface area (Å²) in [5.41, 5.74) is 1.90. The topological polar surface area (TPSA) is 25.8 Å². The summed E-state index contributed by atoms with van der Waals surface area (Å²) < 4.78 is 13.6. The quantitative estimate of drug-likeness (QED) is 0.617. The monoisotopic (exact) mass is 266 g/mol. The normalized spacial score (nSPS) is 10.3. The van der Waals surface area contributed by atoms with Crippen molar-refractivity contribution in [1.29, 1.82) is 0 Å². The Labute approximate surface area is 95.3 Å². The molecule has 0 atom stereocenters. The Kier molecular flexibility index (Phi) is 3.06. The minimum atomic E-state index is -0.458. The highest BCUT2D eigenvalue weighted by atomic mass is 79.9. The van der Waals surface area contributed by atoms with Gasteiger partial charge in [0, 0.05) is 28.9 Å². The lowest BCUT2D eigenvalue weighted by molar-refractivity contribution is 0.583. The number of hydrogen-bond donors (Lipinski definition) is 0. The smallest absolute Gasteiger partial charge is 0.221 e. The van der Waals surface area contributed by atoms with Gasteiger partial charge in [-0.05, 0) is 18.2 Å². The van der Waals surface area contributed by atoms with Crippen molar-refractivity contribution in [2.45, 2.75) is 5.33 Å². The van der Waals surface area contributed by atoms with Crippen molar-refractivity contribution in [2.75, 3.05) is 0 Å². The van der Waals surface area contributed by atoms with Crippen LogP contribution in [0, 0.1) is 5.95 Å². The molecule has 2 aromatic rings. The molecule has 0 aliphatic heterocycles. The van der Waals surface area contributed by atoms with E-state index in [1.807, 2.05) is 0 Å². The number of nitrogens with zero attached hydrogens (tertiary/aromatic N) is 2. The highest BCUT2D eigenvalue weighted by Gasteiger charge is 2.06. The molecular formula is C11H8BrFN2. The molecule has 0 bridgehead atoms. The van der Waals surface area contributed by atoms with Crippen LogP contribution in [0.15, 0.2) is 36.7 Å². The van der Waals surface area contributed by atoms with E-state index in [-0.39, 0.29) is 0 Å². The predicted octanol–water partition coefficient (Wildman–Crippen LogP) is 3.18. The van der Waals surface area contributed by atoms with Crippen LogP contribution in [0.1, 0.15) is 5.69 Å². The fourth-order valence-electron chi connectivity index (χ4n) is 1.28. The first-order chi connectivity index (χ1) is 7.31. The van der Waals surface area contributed by atoms with Gasteiger partial charge in [-0.15, -0.1) is 0 Å². The molecule has 2 heterocycles. The molecule has 2 nitrogen and oxygen atoms in total. The van der Waals surface area contributed by atoms with E-state index < -0.39 is 5.95 Å². The van der Waals surface area contributed by atoms with Crippen LogP contribution in [-0.4, -0.2) is 9.97 Å². The van der Waals surface area contributed by atoms with E-state index in [1.54, 1.807) is 36.7 Å². The zero-order valence-corrected chi connectivity index (χ0v) is 9.41. The second-order valence-corrected chi connectivity index (χ2v) is 3.58. The van der Waals surface area contributed by atoms with Crippen LogP contribution >= 0.6 is 15.9 Å². The molecule has 0 spiro atoms. The summed E-state index contributed by atoms with van der Waals surface area (Å²) in [6.45, 7) is 0. The first-order valence-corrected chi connectivity index (χ1v) is 5.55. The standard InChI is InChI=1S/C11H8BrFN2/c12-6-9-3-4-10(11(13)15-9)8-2-1-5-14-7-8/h1-5,7H,6H2. The highest BCUT2D eigenvalue weighted by molar-refractivity contribution is 9.08. The number of aromatic nitrogens is 2. The minimum absolute atomic E-state index is 0.458. The van der Waals surface area contributed by atoms with Crippen LogP contribution in [0.3, 0.4) is 0 Å². The lowest BCUT2D eigenvalue weighted by Crippen LogP contribution is -1.93. The van der Waals surface area contributed by atoms with E-state index in [4.69, 9.17) is 0 Å². The molecule has 0 aliphatic rings. The Hall–Kier alpha value is -1.29. The maximum Gasteiger partial charge on any atom is 0.221 e. The van der Waals surface area contributed by atoms with Gasteiger partial charge in [0.15, 0.2) is 0 Å². The fourth-order valence-corrected chi connectivity index (χ4v) is 1.60. The van der Waals surface area contributed by atoms with Crippen LogP contribution in [0.25, 0.3) is 11.1 Å². The summed E-state index contributed by atoms with van der Waals surface area (Å²) in [5, 5.41) is 0.553. The summed E-state index contributed by atoms with van der Waals surface area (Å²) in [6, 6.07) is 7.09. The van der Waals surface area contributed by atoms with Crippen LogP contribution in [0.2, 0.25) is 0 Å². The summed E-state index contributed by atoms with van der Waals surface area (Å²) in [7, 11) is 0. The molecule has 15 heavy (non-hydrogen) atoms. The summed E-state index contributed by atoms with van der Waals surface area (Å²) in [6.07, 6.45) is 3.27. The number of halogens is 2. The lowest BCUT2D eigenvalue weighted by atomic mass is 10.1. The van der Waals surface area contributed by atoms with E-state index in [0.29, 0.717) is 16.6 Å². The molecule has 0 radical (unpaired) electrons. The van der Waals surface area contributed by atoms with E-state index in [0.717, 1.165) is 5.56 Å². The number of hydrogen-bond acceptors (Lipinski definition) is 2. The average Bonchev–Trinajstić information content (AvgIpc) is 2.30. The average molecular weight is 267 g/mol. The highest BCUT2D eigenvalue weighted by Crippen LogP contribution is 2.21. The molecule has 0 amide bonds. The summed E-state index contributed by atoms with van der Waals surface area (Å²) in [5.74, 6) is -0.458. The Bertz CT molecular complexity index is 459. The summed E-state index contributed by atoms with van der Waals surface area (Å²) >= 11 is 3.23. The van der Waals surface area contributed by atoms with E-state index >= 15 is 0 Å². The molecule has 0 aliphatic carbocycles. The van der Waals surface area contributed by atoms with Gasteiger partial charge in [0.05, 0.1) is 5.69 Å². The van der Waals surface area contributed by atoms with Crippen molar-refractivity contribution < 1.29 is 4.39 Å². The summed E-state index contributed by atoms with van der Waals surface area (Å²) in [4.78, 5) is 7.77. The molecule has 0 fully saturated rings. The first-order valence-electron chi connectivity index (χ1n) is 4.43. The zero-order valence-electron chi connectivity index (χ0n) is 7.82. The molecule has 0 unspecified atom stereocenters. The van der Waals surface area contributed by atoms with Crippen LogP contribution < -0.4 is 0 Å². The molecule has 76 valence electrons. The Morgan fingerprint density at radius 3 is 2.73 bits per heavy atom. The maximum absolute atomic E-state index is 13.6. The third kappa shape index (κ3) is 2.21. The number of alkyl halides is 1. The van der Waals surface area contributed by atoms with Crippen molar-refractivity contribution in [3.63, 3.8) is 0 Å². The van der Waals surface area contributed by atoms with Crippen LogP contribution in [0.4, 0.5) is 4.39 Å². The first kappa shape index (κ1) is 10.2. The third-order valence-corrected chi connectivity index (χ3v) is 2.59. The van der Waals surface area contributed by atoms with Gasteiger partial charge in [-0.2, -0.15) is 4.39 Å². The van der Waals surface area contributed by atoms with Crippen molar-refractivity contribution in [3.8, 4) is 11.1 Å². The molecule has 0 N–H and O–H groups in total. The van der Waals surface area contributed by atoms with Crippen molar-refractivity contribution >= 4 is 15.9 Å². The van der Waals surface area contributed by atoms with Gasteiger partial charge in [0.2, 0.25) is 5.95 Å². The van der Waals surface area contributed by atoms with E-state index in [1.165, 1.54) is 0 Å². The maximum atomic E-state index is 13.6. The predicted molar refractivity (Wildman–Crippen MR) is 60.1 cm³/mol.